The maximum atomic E-state index is 11.3. The summed E-state index contributed by atoms with van der Waals surface area (Å²) in [7, 11) is 0. The zero-order valence-corrected chi connectivity index (χ0v) is 8.32. The Morgan fingerprint density at radius 3 is 2.86 bits per heavy atom. The topological polar surface area (TPSA) is 63.6 Å². The van der Waals surface area contributed by atoms with Gasteiger partial charge < -0.3 is 9.84 Å². The fourth-order valence-corrected chi connectivity index (χ4v) is 2.60. The summed E-state index contributed by atoms with van der Waals surface area (Å²) in [6, 6.07) is 0. The number of hydrogen-bond acceptors (Lipinski definition) is 3. The number of aliphatic carboxylic acids is 1. The number of carboxylic acid groups (broad SMARTS) is 1. The molecule has 0 radical (unpaired) electrons. The molecule has 1 aliphatic carbocycles. The van der Waals surface area contributed by atoms with Gasteiger partial charge in [-0.15, -0.1) is 0 Å². The molecule has 1 N–H and O–H groups in total. The van der Waals surface area contributed by atoms with Crippen LogP contribution in [-0.4, -0.2) is 23.1 Å². The summed E-state index contributed by atoms with van der Waals surface area (Å²) in [5, 5.41) is 9.10. The van der Waals surface area contributed by atoms with Crippen LogP contribution in [0.1, 0.15) is 26.7 Å². The van der Waals surface area contributed by atoms with Gasteiger partial charge in [0.2, 0.25) is 0 Å². The second-order valence-corrected chi connectivity index (χ2v) is 4.57. The fraction of sp³-hybridized carbons (Fsp3) is 0.800. The van der Waals surface area contributed by atoms with E-state index in [0.29, 0.717) is 6.42 Å². The number of carboxylic acids is 1. The molecule has 4 nitrogen and oxygen atoms in total. The van der Waals surface area contributed by atoms with Gasteiger partial charge in [-0.2, -0.15) is 0 Å². The van der Waals surface area contributed by atoms with Crippen LogP contribution in [0.3, 0.4) is 0 Å². The molecular formula is C10H14O4. The Hall–Kier alpha value is -1.06. The van der Waals surface area contributed by atoms with E-state index in [2.05, 4.69) is 0 Å². The number of fused-ring (bicyclic) bond motifs is 1. The molecule has 1 aliphatic heterocycles. The van der Waals surface area contributed by atoms with Crippen molar-refractivity contribution in [1.82, 2.24) is 0 Å². The van der Waals surface area contributed by atoms with Crippen molar-refractivity contribution in [3.05, 3.63) is 0 Å². The molecule has 0 aromatic rings. The molecule has 2 fully saturated rings. The maximum absolute atomic E-state index is 11.3. The number of ether oxygens (including phenoxy) is 1. The standard InChI is InChI=1S/C10H14O4/c1-5-6-3-4-10(2,9(12)13)7(6)14-8(5)11/h5-7H,3-4H2,1-2H3,(H,12,13)/t5-,6-,7-,10+/m0/s1. The van der Waals surface area contributed by atoms with Crippen LogP contribution in [0.4, 0.5) is 0 Å². The van der Waals surface area contributed by atoms with E-state index >= 15 is 0 Å². The second-order valence-electron chi connectivity index (χ2n) is 4.57. The Morgan fingerprint density at radius 2 is 2.29 bits per heavy atom. The quantitative estimate of drug-likeness (QED) is 0.639. The average Bonchev–Trinajstić information content (AvgIpc) is 2.57. The van der Waals surface area contributed by atoms with Crippen molar-refractivity contribution in [3.63, 3.8) is 0 Å². The Kier molecular flexibility index (Phi) is 1.84. The van der Waals surface area contributed by atoms with Gasteiger partial charge >= 0.3 is 11.9 Å². The Balaban J connectivity index is 2.29. The molecule has 0 bridgehead atoms. The first-order valence-corrected chi connectivity index (χ1v) is 4.90. The molecule has 0 aromatic heterocycles. The van der Waals surface area contributed by atoms with Crippen LogP contribution >= 0.6 is 0 Å². The largest absolute Gasteiger partial charge is 0.481 e. The van der Waals surface area contributed by atoms with Gasteiger partial charge in [0.25, 0.3) is 0 Å². The minimum absolute atomic E-state index is 0.101. The summed E-state index contributed by atoms with van der Waals surface area (Å²) in [5.74, 6) is -1.14. The number of carbonyl (C=O) groups is 2. The van der Waals surface area contributed by atoms with Crippen molar-refractivity contribution in [1.29, 1.82) is 0 Å². The highest BCUT2D eigenvalue weighted by atomic mass is 16.6. The highest BCUT2D eigenvalue weighted by molar-refractivity contribution is 5.80. The van der Waals surface area contributed by atoms with Crippen LogP contribution in [0, 0.1) is 17.3 Å². The summed E-state index contributed by atoms with van der Waals surface area (Å²) in [6.07, 6.45) is 0.970. The Labute approximate surface area is 82.2 Å². The molecule has 1 heterocycles. The summed E-state index contributed by atoms with van der Waals surface area (Å²) >= 11 is 0. The zero-order chi connectivity index (χ0) is 10.5. The van der Waals surface area contributed by atoms with Crippen LogP contribution in [0.2, 0.25) is 0 Å². The van der Waals surface area contributed by atoms with Crippen molar-refractivity contribution in [3.8, 4) is 0 Å². The third-order valence-electron chi connectivity index (χ3n) is 3.76. The van der Waals surface area contributed by atoms with Crippen molar-refractivity contribution < 1.29 is 19.4 Å². The lowest BCUT2D eigenvalue weighted by Crippen LogP contribution is -2.37. The molecule has 0 spiro atoms. The van der Waals surface area contributed by atoms with E-state index in [0.717, 1.165) is 6.42 Å². The summed E-state index contributed by atoms with van der Waals surface area (Å²) < 4.78 is 5.15. The normalized spacial score (nSPS) is 46.1. The van der Waals surface area contributed by atoms with E-state index in [4.69, 9.17) is 9.84 Å². The van der Waals surface area contributed by atoms with Crippen molar-refractivity contribution in [2.24, 2.45) is 17.3 Å². The highest BCUT2D eigenvalue weighted by Crippen LogP contribution is 2.50. The Bertz CT molecular complexity index is 298. The lowest BCUT2D eigenvalue weighted by Gasteiger charge is -2.24. The molecule has 4 heteroatoms. The smallest absolute Gasteiger partial charge is 0.313 e. The first-order chi connectivity index (χ1) is 6.47. The van der Waals surface area contributed by atoms with Gasteiger partial charge in [0.15, 0.2) is 0 Å². The molecule has 2 rings (SSSR count). The third-order valence-corrected chi connectivity index (χ3v) is 3.76. The van der Waals surface area contributed by atoms with E-state index in [1.165, 1.54) is 0 Å². The first-order valence-electron chi connectivity index (χ1n) is 4.90. The zero-order valence-electron chi connectivity index (χ0n) is 8.32. The SMILES string of the molecule is C[C@@H]1C(=O)O[C@H]2[C@H]1CC[C@@]2(C)C(=O)O. The molecular weight excluding hydrogens is 184 g/mol. The fourth-order valence-electron chi connectivity index (χ4n) is 2.60. The minimum atomic E-state index is -0.870. The Morgan fingerprint density at radius 1 is 1.64 bits per heavy atom. The van der Waals surface area contributed by atoms with Gasteiger partial charge in [0.05, 0.1) is 5.92 Å². The van der Waals surface area contributed by atoms with Crippen LogP contribution < -0.4 is 0 Å². The lowest BCUT2D eigenvalue weighted by molar-refractivity contribution is -0.160. The van der Waals surface area contributed by atoms with Crippen molar-refractivity contribution in [2.45, 2.75) is 32.8 Å². The monoisotopic (exact) mass is 198 g/mol. The van der Waals surface area contributed by atoms with Crippen molar-refractivity contribution >= 4 is 11.9 Å². The molecule has 14 heavy (non-hydrogen) atoms. The second kappa shape index (κ2) is 2.72. The number of carbonyl (C=O) groups excluding carboxylic acids is 1. The van der Waals surface area contributed by atoms with Crippen LogP contribution in [0.15, 0.2) is 0 Å². The van der Waals surface area contributed by atoms with Crippen LogP contribution in [0.25, 0.3) is 0 Å². The predicted molar refractivity (Wildman–Crippen MR) is 47.5 cm³/mol. The van der Waals surface area contributed by atoms with E-state index in [9.17, 15) is 9.59 Å². The highest BCUT2D eigenvalue weighted by Gasteiger charge is 2.59. The van der Waals surface area contributed by atoms with E-state index < -0.39 is 17.5 Å². The van der Waals surface area contributed by atoms with Gasteiger partial charge in [-0.1, -0.05) is 6.92 Å². The maximum Gasteiger partial charge on any atom is 0.313 e. The van der Waals surface area contributed by atoms with E-state index in [-0.39, 0.29) is 17.8 Å². The average molecular weight is 198 g/mol. The molecule has 78 valence electrons. The third kappa shape index (κ3) is 0.996. The lowest BCUT2D eigenvalue weighted by atomic mass is 9.83. The molecule has 1 saturated heterocycles. The van der Waals surface area contributed by atoms with Gasteiger partial charge in [-0.3, -0.25) is 9.59 Å². The van der Waals surface area contributed by atoms with Gasteiger partial charge in [0.1, 0.15) is 11.5 Å². The van der Waals surface area contributed by atoms with Crippen LogP contribution in [0.5, 0.6) is 0 Å². The number of hydrogen-bond donors (Lipinski definition) is 1. The van der Waals surface area contributed by atoms with Gasteiger partial charge in [0, 0.05) is 5.92 Å². The minimum Gasteiger partial charge on any atom is -0.481 e. The van der Waals surface area contributed by atoms with Gasteiger partial charge in [-0.25, -0.2) is 0 Å². The van der Waals surface area contributed by atoms with Crippen LogP contribution in [-0.2, 0) is 14.3 Å². The molecule has 2 aliphatic rings. The van der Waals surface area contributed by atoms with Gasteiger partial charge in [-0.05, 0) is 19.8 Å². The molecule has 0 aromatic carbocycles. The molecule has 0 amide bonds. The summed E-state index contributed by atoms with van der Waals surface area (Å²) in [5.41, 5.74) is -0.870. The summed E-state index contributed by atoms with van der Waals surface area (Å²) in [4.78, 5) is 22.4. The number of rotatable bonds is 1. The van der Waals surface area contributed by atoms with Crippen molar-refractivity contribution in [2.75, 3.05) is 0 Å². The molecule has 4 atom stereocenters. The number of esters is 1. The van der Waals surface area contributed by atoms with E-state index in [1.54, 1.807) is 6.92 Å². The van der Waals surface area contributed by atoms with E-state index in [1.807, 2.05) is 6.92 Å². The molecule has 0 unspecified atom stereocenters. The molecule has 1 saturated carbocycles. The predicted octanol–water partition coefficient (Wildman–Crippen LogP) is 1.05. The first kappa shape index (κ1) is 9.49. The summed E-state index contributed by atoms with van der Waals surface area (Å²) in [6.45, 7) is 3.49.